The Morgan fingerprint density at radius 2 is 1.48 bits per heavy atom. The van der Waals surface area contributed by atoms with E-state index in [2.05, 4.69) is 5.32 Å². The highest BCUT2D eigenvalue weighted by Crippen LogP contribution is 2.30. The van der Waals surface area contributed by atoms with Crippen molar-refractivity contribution < 1.29 is 23.9 Å². The van der Waals surface area contributed by atoms with Gasteiger partial charge < -0.3 is 14.8 Å². The third-order valence-corrected chi connectivity index (χ3v) is 5.14. The number of hydrogen-bond donors (Lipinski definition) is 1. The van der Waals surface area contributed by atoms with Crippen LogP contribution in [0.5, 0.6) is 11.5 Å². The minimum Gasteiger partial charge on any atom is -0.490 e. The molecule has 0 fully saturated rings. The maximum absolute atomic E-state index is 12.7. The van der Waals surface area contributed by atoms with Crippen molar-refractivity contribution in [1.82, 2.24) is 0 Å². The number of ether oxygens (including phenoxy) is 2. The van der Waals surface area contributed by atoms with Gasteiger partial charge in [-0.15, -0.1) is 0 Å². The topological polar surface area (TPSA) is 84.9 Å². The van der Waals surface area contributed by atoms with E-state index in [-0.39, 0.29) is 24.1 Å². The first kappa shape index (κ1) is 22.1. The highest BCUT2D eigenvalue weighted by Gasteiger charge is 2.36. The highest BCUT2D eigenvalue weighted by molar-refractivity contribution is 6.34. The van der Waals surface area contributed by atoms with Crippen LogP contribution in [0.4, 0.5) is 11.4 Å². The van der Waals surface area contributed by atoms with Crippen LogP contribution in [-0.4, -0.2) is 30.9 Å². The molecule has 0 spiro atoms. The van der Waals surface area contributed by atoms with Gasteiger partial charge in [0.25, 0.3) is 11.8 Å². The van der Waals surface area contributed by atoms with Gasteiger partial charge in [0.15, 0.2) is 11.5 Å². The van der Waals surface area contributed by atoms with Gasteiger partial charge in [0.1, 0.15) is 0 Å². The largest absolute Gasteiger partial charge is 0.490 e. The summed E-state index contributed by atoms with van der Waals surface area (Å²) in [5.41, 5.74) is 1.68. The number of para-hydroxylation sites is 2. The summed E-state index contributed by atoms with van der Waals surface area (Å²) in [6.45, 7) is 2.82. The molecule has 0 saturated carbocycles. The van der Waals surface area contributed by atoms with Crippen molar-refractivity contribution in [1.29, 1.82) is 0 Å². The van der Waals surface area contributed by atoms with Crippen molar-refractivity contribution in [2.75, 3.05) is 23.4 Å². The molecule has 0 atom stereocenters. The molecule has 0 unspecified atom stereocenters. The second-order valence-corrected chi connectivity index (χ2v) is 7.42. The lowest BCUT2D eigenvalue weighted by atomic mass is 10.1. The molecule has 1 heterocycles. The number of carbonyl (C=O) groups is 3. The van der Waals surface area contributed by atoms with Crippen LogP contribution in [0, 0.1) is 0 Å². The predicted octanol–water partition coefficient (Wildman–Crippen LogP) is 4.68. The van der Waals surface area contributed by atoms with Gasteiger partial charge in [-0.1, -0.05) is 30.3 Å². The van der Waals surface area contributed by atoms with E-state index >= 15 is 0 Å². The minimum absolute atomic E-state index is 0.184. The predicted molar refractivity (Wildman–Crippen MR) is 125 cm³/mol. The molecular weight excluding hydrogens is 420 g/mol. The molecule has 0 aliphatic carbocycles. The number of carbonyl (C=O) groups excluding carboxylic acids is 3. The molecule has 1 aliphatic rings. The highest BCUT2D eigenvalue weighted by atomic mass is 16.5. The number of anilines is 2. The van der Waals surface area contributed by atoms with Crippen LogP contribution >= 0.6 is 0 Å². The van der Waals surface area contributed by atoms with Gasteiger partial charge in [-0.2, -0.15) is 0 Å². The van der Waals surface area contributed by atoms with Crippen molar-refractivity contribution in [2.45, 2.75) is 19.8 Å². The number of imide groups is 1. The second kappa shape index (κ2) is 9.99. The smallest absolute Gasteiger partial charge is 0.266 e. The lowest BCUT2D eigenvalue weighted by molar-refractivity contribution is -0.116. The Balaban J connectivity index is 1.32. The average Bonchev–Trinajstić information content (AvgIpc) is 3.08. The summed E-state index contributed by atoms with van der Waals surface area (Å²) in [6.07, 6.45) is 0.776. The van der Waals surface area contributed by atoms with Crippen LogP contribution in [0.2, 0.25) is 0 Å². The summed E-state index contributed by atoms with van der Waals surface area (Å²) in [4.78, 5) is 38.9. The standard InChI is InChI=1S/C26H24N2O5/c1-2-32-22-13-5-6-14-23(22)33-16-8-15-24(29)27-18-9-7-10-19(17-18)28-25(30)20-11-3-4-12-21(20)26(28)31/h3-7,9-14,17H,2,8,15-16H2,1H3,(H,27,29). The molecule has 7 heteroatoms. The quantitative estimate of drug-likeness (QED) is 0.383. The normalized spacial score (nSPS) is 12.5. The lowest BCUT2D eigenvalue weighted by Gasteiger charge is -2.15. The van der Waals surface area contributed by atoms with Crippen LogP contribution in [0.15, 0.2) is 72.8 Å². The fourth-order valence-corrected chi connectivity index (χ4v) is 3.63. The summed E-state index contributed by atoms with van der Waals surface area (Å²) in [6, 6.07) is 20.8. The molecule has 4 rings (SSSR count). The third kappa shape index (κ3) is 4.87. The Hall–Kier alpha value is -4.13. The van der Waals surface area contributed by atoms with Crippen LogP contribution < -0.4 is 19.7 Å². The van der Waals surface area contributed by atoms with Crippen LogP contribution in [0.3, 0.4) is 0 Å². The molecule has 0 aromatic heterocycles. The zero-order chi connectivity index (χ0) is 23.2. The van der Waals surface area contributed by atoms with E-state index in [0.717, 1.165) is 4.90 Å². The maximum Gasteiger partial charge on any atom is 0.266 e. The fourth-order valence-electron chi connectivity index (χ4n) is 3.63. The SMILES string of the molecule is CCOc1ccccc1OCCCC(=O)Nc1cccc(N2C(=O)c3ccccc3C2=O)c1. The van der Waals surface area contributed by atoms with Crippen LogP contribution in [0.1, 0.15) is 40.5 Å². The van der Waals surface area contributed by atoms with E-state index in [1.54, 1.807) is 48.5 Å². The number of rotatable bonds is 9. The molecule has 1 aliphatic heterocycles. The molecule has 3 amide bonds. The van der Waals surface area contributed by atoms with Crippen molar-refractivity contribution in [3.05, 3.63) is 83.9 Å². The first-order valence-corrected chi connectivity index (χ1v) is 10.8. The number of benzene rings is 3. The summed E-state index contributed by atoms with van der Waals surface area (Å²) in [5, 5.41) is 2.82. The number of fused-ring (bicyclic) bond motifs is 1. The molecular formula is C26H24N2O5. The molecule has 33 heavy (non-hydrogen) atoms. The van der Waals surface area contributed by atoms with E-state index in [1.807, 2.05) is 31.2 Å². The Bertz CT molecular complexity index is 1160. The van der Waals surface area contributed by atoms with Gasteiger partial charge in [-0.05, 0) is 55.8 Å². The van der Waals surface area contributed by atoms with Gasteiger partial charge in [-0.25, -0.2) is 4.90 Å². The second-order valence-electron chi connectivity index (χ2n) is 7.42. The summed E-state index contributed by atoms with van der Waals surface area (Å²) < 4.78 is 11.3. The van der Waals surface area contributed by atoms with Crippen molar-refractivity contribution in [3.8, 4) is 11.5 Å². The number of hydrogen-bond acceptors (Lipinski definition) is 5. The number of amides is 3. The third-order valence-electron chi connectivity index (χ3n) is 5.14. The Morgan fingerprint density at radius 3 is 2.15 bits per heavy atom. The monoisotopic (exact) mass is 444 g/mol. The molecule has 3 aromatic carbocycles. The molecule has 7 nitrogen and oxygen atoms in total. The maximum atomic E-state index is 12.7. The Morgan fingerprint density at radius 1 is 0.848 bits per heavy atom. The summed E-state index contributed by atoms with van der Waals surface area (Å²) in [7, 11) is 0. The zero-order valence-corrected chi connectivity index (χ0v) is 18.2. The van der Waals surface area contributed by atoms with Crippen molar-refractivity contribution in [3.63, 3.8) is 0 Å². The van der Waals surface area contributed by atoms with Crippen LogP contribution in [0.25, 0.3) is 0 Å². The summed E-state index contributed by atoms with van der Waals surface area (Å²) in [5.74, 6) is 0.395. The molecule has 0 radical (unpaired) electrons. The van der Waals surface area contributed by atoms with Gasteiger partial charge in [0.2, 0.25) is 5.91 Å². The Kier molecular flexibility index (Phi) is 6.69. The fraction of sp³-hybridized carbons (Fsp3) is 0.192. The Labute approximate surface area is 191 Å². The van der Waals surface area contributed by atoms with Gasteiger partial charge >= 0.3 is 0 Å². The zero-order valence-electron chi connectivity index (χ0n) is 18.2. The van der Waals surface area contributed by atoms with E-state index in [1.165, 1.54) is 0 Å². The average molecular weight is 444 g/mol. The van der Waals surface area contributed by atoms with E-state index in [0.29, 0.717) is 53.6 Å². The van der Waals surface area contributed by atoms with Crippen molar-refractivity contribution >= 4 is 29.1 Å². The van der Waals surface area contributed by atoms with Gasteiger partial charge in [-0.3, -0.25) is 14.4 Å². The van der Waals surface area contributed by atoms with Gasteiger partial charge in [0.05, 0.1) is 30.0 Å². The lowest BCUT2D eigenvalue weighted by Crippen LogP contribution is -2.29. The van der Waals surface area contributed by atoms with E-state index < -0.39 is 0 Å². The van der Waals surface area contributed by atoms with Crippen molar-refractivity contribution in [2.24, 2.45) is 0 Å². The number of nitrogens with zero attached hydrogens (tertiary/aromatic N) is 1. The molecule has 3 aromatic rings. The molecule has 168 valence electrons. The molecule has 0 saturated heterocycles. The summed E-state index contributed by atoms with van der Waals surface area (Å²) >= 11 is 0. The number of nitrogens with one attached hydrogen (secondary N) is 1. The van der Waals surface area contributed by atoms with E-state index in [4.69, 9.17) is 9.47 Å². The first-order valence-electron chi connectivity index (χ1n) is 10.8. The van der Waals surface area contributed by atoms with Gasteiger partial charge in [0, 0.05) is 12.1 Å². The molecule has 0 bridgehead atoms. The van der Waals surface area contributed by atoms with E-state index in [9.17, 15) is 14.4 Å². The first-order chi connectivity index (χ1) is 16.1. The van der Waals surface area contributed by atoms with Crippen LogP contribution in [-0.2, 0) is 4.79 Å². The molecule has 1 N–H and O–H groups in total. The minimum atomic E-state index is -0.372.